The van der Waals surface area contributed by atoms with Crippen molar-refractivity contribution in [3.05, 3.63) is 59.4 Å². The van der Waals surface area contributed by atoms with Crippen molar-refractivity contribution in [3.63, 3.8) is 0 Å². The van der Waals surface area contributed by atoms with Gasteiger partial charge >= 0.3 is 0 Å². The Labute approximate surface area is 155 Å². The zero-order valence-electron chi connectivity index (χ0n) is 14.1. The molecule has 0 N–H and O–H groups in total. The topological polar surface area (TPSA) is 68.5 Å². The number of anilines is 1. The molecule has 1 aromatic heterocycles. The van der Waals surface area contributed by atoms with Crippen molar-refractivity contribution in [2.45, 2.75) is 12.3 Å². The number of benzene rings is 2. The quantitative estimate of drug-likeness (QED) is 0.697. The molecule has 1 saturated heterocycles. The van der Waals surface area contributed by atoms with Crippen molar-refractivity contribution >= 4 is 23.2 Å². The summed E-state index contributed by atoms with van der Waals surface area (Å²) in [5.74, 6) is 1.46. The smallest absolute Gasteiger partial charge is 0.232 e. The summed E-state index contributed by atoms with van der Waals surface area (Å²) < 4.78 is 10.8. The maximum atomic E-state index is 12.4. The highest BCUT2D eigenvalue weighted by molar-refractivity contribution is 6.30. The number of para-hydroxylation sites is 1. The van der Waals surface area contributed by atoms with E-state index in [1.165, 1.54) is 0 Å². The monoisotopic (exact) mass is 369 g/mol. The van der Waals surface area contributed by atoms with Gasteiger partial charge in [0.1, 0.15) is 5.75 Å². The first-order valence-electron chi connectivity index (χ1n) is 8.18. The Bertz CT molecular complexity index is 939. The fraction of sp³-hybridized carbons (Fsp3) is 0.211. The lowest BCUT2D eigenvalue weighted by Gasteiger charge is -2.15. The average molecular weight is 370 g/mol. The molecular formula is C19H16ClN3O3. The van der Waals surface area contributed by atoms with Gasteiger partial charge in [0.15, 0.2) is 0 Å². The van der Waals surface area contributed by atoms with Crippen molar-refractivity contribution in [2.24, 2.45) is 0 Å². The number of amides is 1. The van der Waals surface area contributed by atoms with Crippen molar-refractivity contribution in [1.29, 1.82) is 0 Å². The van der Waals surface area contributed by atoms with Crippen LogP contribution in [0.1, 0.15) is 18.2 Å². The number of carbonyl (C=O) groups is 1. The van der Waals surface area contributed by atoms with Gasteiger partial charge in [-0.3, -0.25) is 4.79 Å². The van der Waals surface area contributed by atoms with Crippen LogP contribution in [-0.2, 0) is 4.79 Å². The summed E-state index contributed by atoms with van der Waals surface area (Å²) in [6.07, 6.45) is 0.330. The molecule has 2 heterocycles. The van der Waals surface area contributed by atoms with Crippen LogP contribution in [0.25, 0.3) is 11.4 Å². The lowest BCUT2D eigenvalue weighted by atomic mass is 10.1. The van der Waals surface area contributed by atoms with E-state index in [-0.39, 0.29) is 11.8 Å². The second-order valence-electron chi connectivity index (χ2n) is 6.04. The van der Waals surface area contributed by atoms with E-state index in [1.807, 2.05) is 36.4 Å². The lowest BCUT2D eigenvalue weighted by molar-refractivity contribution is -0.117. The Kier molecular flexibility index (Phi) is 4.34. The van der Waals surface area contributed by atoms with Crippen LogP contribution >= 0.6 is 11.6 Å². The molecule has 0 bridgehead atoms. The standard InChI is InChI=1S/C19H16ClN3O3/c1-25-16-5-3-2-4-15(16)18-21-19(26-22-18)12-10-17(24)23(11-12)14-8-6-13(20)7-9-14/h2-9,12H,10-11H2,1H3. The van der Waals surface area contributed by atoms with Gasteiger partial charge in [0, 0.05) is 23.7 Å². The highest BCUT2D eigenvalue weighted by Crippen LogP contribution is 2.33. The molecule has 1 unspecified atom stereocenters. The van der Waals surface area contributed by atoms with Crippen LogP contribution in [0.2, 0.25) is 5.02 Å². The first-order chi connectivity index (χ1) is 12.7. The van der Waals surface area contributed by atoms with Crippen molar-refractivity contribution < 1.29 is 14.1 Å². The van der Waals surface area contributed by atoms with Crippen LogP contribution in [0.4, 0.5) is 5.69 Å². The zero-order valence-corrected chi connectivity index (χ0v) is 14.8. The summed E-state index contributed by atoms with van der Waals surface area (Å²) in [4.78, 5) is 18.6. The summed E-state index contributed by atoms with van der Waals surface area (Å²) in [5.41, 5.74) is 1.57. The summed E-state index contributed by atoms with van der Waals surface area (Å²) in [6, 6.07) is 14.7. The first-order valence-corrected chi connectivity index (χ1v) is 8.56. The molecule has 6 nitrogen and oxygen atoms in total. The van der Waals surface area contributed by atoms with E-state index in [4.69, 9.17) is 20.9 Å². The number of halogens is 1. The predicted octanol–water partition coefficient (Wildman–Crippen LogP) is 3.92. The largest absolute Gasteiger partial charge is 0.496 e. The van der Waals surface area contributed by atoms with Gasteiger partial charge in [-0.25, -0.2) is 0 Å². The third kappa shape index (κ3) is 3.04. The lowest BCUT2D eigenvalue weighted by Crippen LogP contribution is -2.24. The van der Waals surface area contributed by atoms with E-state index in [1.54, 1.807) is 24.1 Å². The van der Waals surface area contributed by atoms with Gasteiger partial charge in [0.2, 0.25) is 17.6 Å². The molecule has 1 fully saturated rings. The number of ether oxygens (including phenoxy) is 1. The maximum Gasteiger partial charge on any atom is 0.232 e. The van der Waals surface area contributed by atoms with Gasteiger partial charge in [0.25, 0.3) is 0 Å². The number of carbonyl (C=O) groups excluding carboxylic acids is 1. The Balaban J connectivity index is 1.57. The average Bonchev–Trinajstić information content (AvgIpc) is 3.29. The summed E-state index contributed by atoms with van der Waals surface area (Å²) in [5, 5.41) is 4.70. The van der Waals surface area contributed by atoms with Crippen molar-refractivity contribution in [3.8, 4) is 17.1 Å². The van der Waals surface area contributed by atoms with Crippen LogP contribution in [0.5, 0.6) is 5.75 Å². The molecule has 1 amide bonds. The minimum absolute atomic E-state index is 0.0226. The Morgan fingerprint density at radius 2 is 1.96 bits per heavy atom. The fourth-order valence-electron chi connectivity index (χ4n) is 3.08. The normalized spacial score (nSPS) is 16.9. The highest BCUT2D eigenvalue weighted by atomic mass is 35.5. The Morgan fingerprint density at radius 3 is 2.73 bits per heavy atom. The van der Waals surface area contributed by atoms with Crippen molar-refractivity contribution in [2.75, 3.05) is 18.6 Å². The van der Waals surface area contributed by atoms with Gasteiger partial charge in [-0.15, -0.1) is 0 Å². The predicted molar refractivity (Wildman–Crippen MR) is 97.4 cm³/mol. The molecule has 3 aromatic rings. The SMILES string of the molecule is COc1ccccc1-c1noc(C2CC(=O)N(c3ccc(Cl)cc3)C2)n1. The van der Waals surface area contributed by atoms with Crippen LogP contribution in [-0.4, -0.2) is 29.7 Å². The maximum absolute atomic E-state index is 12.4. The van der Waals surface area contributed by atoms with Gasteiger partial charge in [-0.2, -0.15) is 4.98 Å². The third-order valence-corrected chi connectivity index (χ3v) is 4.65. The number of methoxy groups -OCH3 is 1. The molecule has 1 aliphatic rings. The van der Waals surface area contributed by atoms with Crippen molar-refractivity contribution in [1.82, 2.24) is 10.1 Å². The fourth-order valence-corrected chi connectivity index (χ4v) is 3.21. The van der Waals surface area contributed by atoms with Gasteiger partial charge < -0.3 is 14.2 Å². The van der Waals surface area contributed by atoms with Gasteiger partial charge in [-0.1, -0.05) is 28.9 Å². The van der Waals surface area contributed by atoms with Crippen LogP contribution in [0, 0.1) is 0 Å². The molecule has 1 atom stereocenters. The zero-order chi connectivity index (χ0) is 18.1. The minimum Gasteiger partial charge on any atom is -0.496 e. The van der Waals surface area contributed by atoms with Crippen LogP contribution in [0.3, 0.4) is 0 Å². The van der Waals surface area contributed by atoms with E-state index in [0.29, 0.717) is 35.5 Å². The minimum atomic E-state index is -0.144. The molecule has 0 aliphatic carbocycles. The number of rotatable bonds is 4. The van der Waals surface area contributed by atoms with Gasteiger partial charge in [0.05, 0.1) is 18.6 Å². The number of nitrogens with zero attached hydrogens (tertiary/aromatic N) is 3. The summed E-state index contributed by atoms with van der Waals surface area (Å²) in [7, 11) is 1.60. The second-order valence-corrected chi connectivity index (χ2v) is 6.47. The van der Waals surface area contributed by atoms with Crippen LogP contribution < -0.4 is 9.64 Å². The van der Waals surface area contributed by atoms with Crippen LogP contribution in [0.15, 0.2) is 53.1 Å². The molecule has 4 rings (SSSR count). The molecule has 0 spiro atoms. The Morgan fingerprint density at radius 1 is 1.19 bits per heavy atom. The summed E-state index contributed by atoms with van der Waals surface area (Å²) >= 11 is 5.92. The highest BCUT2D eigenvalue weighted by Gasteiger charge is 2.35. The molecule has 0 radical (unpaired) electrons. The van der Waals surface area contributed by atoms with E-state index in [9.17, 15) is 4.79 Å². The third-order valence-electron chi connectivity index (χ3n) is 4.40. The Hall–Kier alpha value is -2.86. The van der Waals surface area contributed by atoms with E-state index < -0.39 is 0 Å². The number of aromatic nitrogens is 2. The first kappa shape index (κ1) is 16.6. The van der Waals surface area contributed by atoms with E-state index >= 15 is 0 Å². The van der Waals surface area contributed by atoms with E-state index in [0.717, 1.165) is 11.3 Å². The van der Waals surface area contributed by atoms with Gasteiger partial charge in [-0.05, 0) is 36.4 Å². The second kappa shape index (κ2) is 6.80. The molecular weight excluding hydrogens is 354 g/mol. The molecule has 1 aliphatic heterocycles. The number of hydrogen-bond acceptors (Lipinski definition) is 5. The molecule has 7 heteroatoms. The molecule has 2 aromatic carbocycles. The van der Waals surface area contributed by atoms with E-state index in [2.05, 4.69) is 10.1 Å². The molecule has 0 saturated carbocycles. The molecule has 26 heavy (non-hydrogen) atoms. The number of hydrogen-bond donors (Lipinski definition) is 0. The molecule has 132 valence electrons. The summed E-state index contributed by atoms with van der Waals surface area (Å²) in [6.45, 7) is 0.494.